The topological polar surface area (TPSA) is 57.4 Å². The molecule has 0 amide bonds. The van der Waals surface area contributed by atoms with Crippen LogP contribution in [0.1, 0.15) is 25.5 Å². The molecule has 0 saturated carbocycles. The Kier molecular flexibility index (Phi) is 6.53. The molecule has 4 heteroatoms. The van der Waals surface area contributed by atoms with Crippen LogP contribution in [0.5, 0.6) is 5.75 Å². The number of nitrogens with zero attached hydrogens (tertiary/aromatic N) is 1. The highest BCUT2D eigenvalue weighted by molar-refractivity contribution is 5.22. The summed E-state index contributed by atoms with van der Waals surface area (Å²) in [5.41, 5.74) is 6.32. The van der Waals surface area contributed by atoms with Gasteiger partial charge in [0.1, 0.15) is 12.4 Å². The van der Waals surface area contributed by atoms with Gasteiger partial charge in [-0.05, 0) is 12.5 Å². The molecule has 1 rings (SSSR count). The third-order valence-electron chi connectivity index (χ3n) is 2.14. The molecule has 90 valence electrons. The van der Waals surface area contributed by atoms with Crippen LogP contribution >= 0.6 is 0 Å². The van der Waals surface area contributed by atoms with Gasteiger partial charge in [0.25, 0.3) is 0 Å². The van der Waals surface area contributed by atoms with Gasteiger partial charge in [0.2, 0.25) is 0 Å². The van der Waals surface area contributed by atoms with Crippen LogP contribution in [0.2, 0.25) is 0 Å². The fourth-order valence-corrected chi connectivity index (χ4v) is 1.22. The van der Waals surface area contributed by atoms with E-state index in [0.29, 0.717) is 19.8 Å². The second-order valence-corrected chi connectivity index (χ2v) is 3.50. The van der Waals surface area contributed by atoms with E-state index in [-0.39, 0.29) is 0 Å². The lowest BCUT2D eigenvalue weighted by molar-refractivity contribution is 0.0980. The van der Waals surface area contributed by atoms with Gasteiger partial charge >= 0.3 is 0 Å². The van der Waals surface area contributed by atoms with E-state index in [2.05, 4.69) is 11.9 Å². The summed E-state index contributed by atoms with van der Waals surface area (Å²) in [6, 6.07) is 3.68. The van der Waals surface area contributed by atoms with Crippen molar-refractivity contribution in [3.8, 4) is 5.75 Å². The maximum Gasteiger partial charge on any atom is 0.122 e. The number of ether oxygens (including phenoxy) is 2. The zero-order valence-corrected chi connectivity index (χ0v) is 9.82. The average molecular weight is 224 g/mol. The van der Waals surface area contributed by atoms with Crippen LogP contribution in [0.25, 0.3) is 0 Å². The van der Waals surface area contributed by atoms with Crippen molar-refractivity contribution in [3.05, 3.63) is 24.0 Å². The first-order valence-corrected chi connectivity index (χ1v) is 5.72. The van der Waals surface area contributed by atoms with Gasteiger partial charge in [-0.3, -0.25) is 4.98 Å². The summed E-state index contributed by atoms with van der Waals surface area (Å²) in [6.45, 7) is 4.58. The van der Waals surface area contributed by atoms with Crippen LogP contribution < -0.4 is 10.5 Å². The second-order valence-electron chi connectivity index (χ2n) is 3.50. The number of aromatic nitrogens is 1. The number of hydrogen-bond donors (Lipinski definition) is 1. The molecule has 0 aliphatic carbocycles. The first-order chi connectivity index (χ1) is 7.86. The monoisotopic (exact) mass is 224 g/mol. The van der Waals surface area contributed by atoms with Crippen molar-refractivity contribution < 1.29 is 9.47 Å². The summed E-state index contributed by atoms with van der Waals surface area (Å²) in [5.74, 6) is 0.801. The summed E-state index contributed by atoms with van der Waals surface area (Å²) in [6.07, 6.45) is 3.97. The molecule has 0 bridgehead atoms. The Morgan fingerprint density at radius 1 is 1.31 bits per heavy atom. The van der Waals surface area contributed by atoms with E-state index < -0.39 is 0 Å². The Morgan fingerprint density at radius 3 is 2.94 bits per heavy atom. The smallest absolute Gasteiger partial charge is 0.122 e. The quantitative estimate of drug-likeness (QED) is 0.683. The van der Waals surface area contributed by atoms with Gasteiger partial charge in [-0.1, -0.05) is 13.3 Å². The zero-order valence-electron chi connectivity index (χ0n) is 9.82. The number of pyridine rings is 1. The van der Waals surface area contributed by atoms with E-state index in [1.807, 2.05) is 12.1 Å². The predicted octanol–water partition coefficient (Wildman–Crippen LogP) is 1.74. The van der Waals surface area contributed by atoms with E-state index in [1.54, 1.807) is 6.20 Å². The minimum Gasteiger partial charge on any atom is -0.491 e. The standard InChI is InChI=1S/C12H20N2O2/c1-2-3-6-15-7-8-16-12-4-5-14-11(9-12)10-13/h4-5,9H,2-3,6-8,10,13H2,1H3. The molecular formula is C12H20N2O2. The molecular weight excluding hydrogens is 204 g/mol. The molecule has 0 saturated heterocycles. The van der Waals surface area contributed by atoms with E-state index in [0.717, 1.165) is 30.9 Å². The van der Waals surface area contributed by atoms with E-state index >= 15 is 0 Å². The first-order valence-electron chi connectivity index (χ1n) is 5.72. The molecule has 4 nitrogen and oxygen atoms in total. The van der Waals surface area contributed by atoms with E-state index in [1.165, 1.54) is 0 Å². The van der Waals surface area contributed by atoms with E-state index in [9.17, 15) is 0 Å². The molecule has 0 spiro atoms. The van der Waals surface area contributed by atoms with Crippen LogP contribution in [-0.2, 0) is 11.3 Å². The molecule has 16 heavy (non-hydrogen) atoms. The van der Waals surface area contributed by atoms with Gasteiger partial charge in [-0.2, -0.15) is 0 Å². The SMILES string of the molecule is CCCCOCCOc1ccnc(CN)c1. The Morgan fingerprint density at radius 2 is 2.19 bits per heavy atom. The minimum atomic E-state index is 0.435. The van der Waals surface area contributed by atoms with Crippen molar-refractivity contribution in [3.63, 3.8) is 0 Å². The lowest BCUT2D eigenvalue weighted by Crippen LogP contribution is -2.08. The lowest BCUT2D eigenvalue weighted by atomic mass is 10.3. The van der Waals surface area contributed by atoms with Crippen LogP contribution in [0.15, 0.2) is 18.3 Å². The second kappa shape index (κ2) is 8.07. The molecule has 0 aliphatic heterocycles. The van der Waals surface area contributed by atoms with Crippen molar-refractivity contribution in [1.29, 1.82) is 0 Å². The normalized spacial score (nSPS) is 10.4. The highest BCUT2D eigenvalue weighted by Crippen LogP contribution is 2.10. The summed E-state index contributed by atoms with van der Waals surface area (Å²) in [7, 11) is 0. The molecule has 0 radical (unpaired) electrons. The summed E-state index contributed by atoms with van der Waals surface area (Å²) in [4.78, 5) is 4.09. The fourth-order valence-electron chi connectivity index (χ4n) is 1.22. The average Bonchev–Trinajstić information content (AvgIpc) is 2.34. The third-order valence-corrected chi connectivity index (χ3v) is 2.14. The first kappa shape index (κ1) is 12.9. The van der Waals surface area contributed by atoms with Crippen LogP contribution in [0.4, 0.5) is 0 Å². The van der Waals surface area contributed by atoms with Crippen molar-refractivity contribution in [2.75, 3.05) is 19.8 Å². The molecule has 2 N–H and O–H groups in total. The number of nitrogens with two attached hydrogens (primary N) is 1. The van der Waals surface area contributed by atoms with Crippen molar-refractivity contribution in [2.24, 2.45) is 5.73 Å². The molecule has 1 heterocycles. The number of hydrogen-bond acceptors (Lipinski definition) is 4. The molecule has 0 atom stereocenters. The van der Waals surface area contributed by atoms with Gasteiger partial charge in [-0.15, -0.1) is 0 Å². The van der Waals surface area contributed by atoms with Gasteiger partial charge in [-0.25, -0.2) is 0 Å². The van der Waals surface area contributed by atoms with Crippen molar-refractivity contribution >= 4 is 0 Å². The Balaban J connectivity index is 2.16. The Hall–Kier alpha value is -1.13. The zero-order chi connectivity index (χ0) is 11.6. The van der Waals surface area contributed by atoms with Crippen LogP contribution in [-0.4, -0.2) is 24.8 Å². The molecule has 1 aromatic rings. The van der Waals surface area contributed by atoms with Crippen molar-refractivity contribution in [2.45, 2.75) is 26.3 Å². The fraction of sp³-hybridized carbons (Fsp3) is 0.583. The summed E-state index contributed by atoms with van der Waals surface area (Å²) in [5, 5.41) is 0. The third kappa shape index (κ3) is 5.09. The van der Waals surface area contributed by atoms with Gasteiger partial charge < -0.3 is 15.2 Å². The maximum atomic E-state index is 5.51. The maximum absolute atomic E-state index is 5.51. The number of unbranched alkanes of at least 4 members (excludes halogenated alkanes) is 1. The highest BCUT2D eigenvalue weighted by Gasteiger charge is 1.96. The van der Waals surface area contributed by atoms with Gasteiger partial charge in [0.05, 0.1) is 12.3 Å². The lowest BCUT2D eigenvalue weighted by Gasteiger charge is -2.07. The Labute approximate surface area is 96.8 Å². The predicted molar refractivity (Wildman–Crippen MR) is 63.4 cm³/mol. The summed E-state index contributed by atoms with van der Waals surface area (Å²) >= 11 is 0. The summed E-state index contributed by atoms with van der Waals surface area (Å²) < 4.78 is 10.9. The molecule has 0 aromatic carbocycles. The molecule has 0 fully saturated rings. The minimum absolute atomic E-state index is 0.435. The Bertz CT molecular complexity index is 292. The van der Waals surface area contributed by atoms with E-state index in [4.69, 9.17) is 15.2 Å². The van der Waals surface area contributed by atoms with Gasteiger partial charge in [0.15, 0.2) is 0 Å². The largest absolute Gasteiger partial charge is 0.491 e. The highest BCUT2D eigenvalue weighted by atomic mass is 16.5. The van der Waals surface area contributed by atoms with Gasteiger partial charge in [0, 0.05) is 25.4 Å². The molecule has 0 aliphatic rings. The molecule has 0 unspecified atom stereocenters. The molecule has 1 aromatic heterocycles. The van der Waals surface area contributed by atoms with Crippen molar-refractivity contribution in [1.82, 2.24) is 4.98 Å². The van der Waals surface area contributed by atoms with Crippen LogP contribution in [0.3, 0.4) is 0 Å². The van der Waals surface area contributed by atoms with Crippen LogP contribution in [0, 0.1) is 0 Å². The number of rotatable bonds is 8.